The number of ether oxygens (including phenoxy) is 2. The van der Waals surface area contributed by atoms with E-state index in [1.54, 1.807) is 0 Å². The van der Waals surface area contributed by atoms with Gasteiger partial charge >= 0.3 is 0 Å². The van der Waals surface area contributed by atoms with Crippen molar-refractivity contribution in [3.63, 3.8) is 0 Å². The van der Waals surface area contributed by atoms with Crippen LogP contribution in [0.5, 0.6) is 5.75 Å². The second kappa shape index (κ2) is 6.76. The molecule has 1 aliphatic heterocycles. The van der Waals surface area contributed by atoms with Crippen LogP contribution >= 0.6 is 0 Å². The van der Waals surface area contributed by atoms with Crippen LogP contribution < -0.4 is 4.74 Å². The van der Waals surface area contributed by atoms with Crippen LogP contribution in [0.25, 0.3) is 0 Å². The largest absolute Gasteiger partial charge is 0.494 e. The Balaban J connectivity index is 1.89. The minimum absolute atomic E-state index is 0.233. The monoisotopic (exact) mass is 250 g/mol. The molecule has 100 valence electrons. The quantitative estimate of drug-likeness (QED) is 0.789. The van der Waals surface area contributed by atoms with Crippen LogP contribution in [0.2, 0.25) is 0 Å². The van der Waals surface area contributed by atoms with Crippen molar-refractivity contribution >= 4 is 0 Å². The molecule has 0 spiro atoms. The predicted octanol–water partition coefficient (Wildman–Crippen LogP) is 2.94. The second-order valence-corrected chi connectivity index (χ2v) is 4.84. The SMILES string of the molecule is CCCCOc1ccc(C(O)C2CCOC2)cc1. The van der Waals surface area contributed by atoms with E-state index in [1.807, 2.05) is 24.3 Å². The van der Waals surface area contributed by atoms with E-state index in [9.17, 15) is 5.11 Å². The van der Waals surface area contributed by atoms with Gasteiger partial charge in [0, 0.05) is 12.5 Å². The lowest BCUT2D eigenvalue weighted by Gasteiger charge is -2.17. The Morgan fingerprint density at radius 1 is 1.39 bits per heavy atom. The van der Waals surface area contributed by atoms with E-state index in [0.29, 0.717) is 6.61 Å². The average molecular weight is 250 g/mol. The lowest BCUT2D eigenvalue weighted by Crippen LogP contribution is -2.12. The molecule has 2 rings (SSSR count). The minimum atomic E-state index is -0.419. The number of hydrogen-bond acceptors (Lipinski definition) is 3. The highest BCUT2D eigenvalue weighted by Gasteiger charge is 2.25. The van der Waals surface area contributed by atoms with Crippen LogP contribution in [0, 0.1) is 5.92 Å². The third-order valence-electron chi connectivity index (χ3n) is 3.40. The molecule has 0 radical (unpaired) electrons. The number of aliphatic hydroxyl groups is 1. The maximum atomic E-state index is 10.2. The Morgan fingerprint density at radius 2 is 2.17 bits per heavy atom. The molecule has 0 bridgehead atoms. The number of hydrogen-bond donors (Lipinski definition) is 1. The van der Waals surface area contributed by atoms with Crippen LogP contribution in [-0.4, -0.2) is 24.9 Å². The van der Waals surface area contributed by atoms with Gasteiger partial charge in [-0.3, -0.25) is 0 Å². The summed E-state index contributed by atoms with van der Waals surface area (Å²) in [4.78, 5) is 0. The van der Waals surface area contributed by atoms with Gasteiger partial charge in [-0.2, -0.15) is 0 Å². The number of unbranched alkanes of at least 4 members (excludes halogenated alkanes) is 1. The molecule has 2 atom stereocenters. The first-order chi connectivity index (χ1) is 8.81. The zero-order valence-electron chi connectivity index (χ0n) is 11.0. The van der Waals surface area contributed by atoms with Gasteiger partial charge in [-0.05, 0) is 30.5 Å². The van der Waals surface area contributed by atoms with Crippen molar-refractivity contribution in [2.75, 3.05) is 19.8 Å². The number of rotatable bonds is 6. The molecule has 18 heavy (non-hydrogen) atoms. The summed E-state index contributed by atoms with van der Waals surface area (Å²) in [5.41, 5.74) is 0.952. The first-order valence-electron chi connectivity index (χ1n) is 6.80. The molecule has 2 unspecified atom stereocenters. The highest BCUT2D eigenvalue weighted by Crippen LogP contribution is 2.29. The van der Waals surface area contributed by atoms with Crippen LogP contribution in [0.15, 0.2) is 24.3 Å². The van der Waals surface area contributed by atoms with Crippen LogP contribution in [0.1, 0.15) is 37.9 Å². The smallest absolute Gasteiger partial charge is 0.119 e. The summed E-state index contributed by atoms with van der Waals surface area (Å²) in [6, 6.07) is 7.77. The summed E-state index contributed by atoms with van der Waals surface area (Å²) in [7, 11) is 0. The molecule has 1 heterocycles. The van der Waals surface area contributed by atoms with Crippen molar-refractivity contribution in [3.8, 4) is 5.75 Å². The van der Waals surface area contributed by atoms with Crippen molar-refractivity contribution in [1.29, 1.82) is 0 Å². The van der Waals surface area contributed by atoms with Crippen LogP contribution in [0.4, 0.5) is 0 Å². The summed E-state index contributed by atoms with van der Waals surface area (Å²) < 4.78 is 10.9. The van der Waals surface area contributed by atoms with Crippen molar-refractivity contribution in [2.45, 2.75) is 32.3 Å². The molecule has 1 N–H and O–H groups in total. The van der Waals surface area contributed by atoms with E-state index >= 15 is 0 Å². The molecule has 1 saturated heterocycles. The first-order valence-corrected chi connectivity index (χ1v) is 6.80. The molecule has 3 heteroatoms. The maximum Gasteiger partial charge on any atom is 0.119 e. The Hall–Kier alpha value is -1.06. The van der Waals surface area contributed by atoms with E-state index in [-0.39, 0.29) is 5.92 Å². The van der Waals surface area contributed by atoms with E-state index < -0.39 is 6.10 Å². The van der Waals surface area contributed by atoms with Gasteiger partial charge in [-0.1, -0.05) is 25.5 Å². The second-order valence-electron chi connectivity index (χ2n) is 4.84. The summed E-state index contributed by atoms with van der Waals surface area (Å²) >= 11 is 0. The van der Waals surface area contributed by atoms with Gasteiger partial charge in [0.1, 0.15) is 5.75 Å². The molecule has 0 aliphatic carbocycles. The fourth-order valence-corrected chi connectivity index (χ4v) is 2.17. The Labute approximate surface area is 109 Å². The van der Waals surface area contributed by atoms with Gasteiger partial charge in [0.15, 0.2) is 0 Å². The van der Waals surface area contributed by atoms with Gasteiger partial charge < -0.3 is 14.6 Å². The summed E-state index contributed by atoms with van der Waals surface area (Å²) in [6.07, 6.45) is 2.73. The minimum Gasteiger partial charge on any atom is -0.494 e. The maximum absolute atomic E-state index is 10.2. The highest BCUT2D eigenvalue weighted by atomic mass is 16.5. The van der Waals surface area contributed by atoms with Crippen LogP contribution in [-0.2, 0) is 4.74 Å². The number of benzene rings is 1. The van der Waals surface area contributed by atoms with Crippen molar-refractivity contribution in [1.82, 2.24) is 0 Å². The lowest BCUT2D eigenvalue weighted by molar-refractivity contribution is 0.0917. The molecule has 0 aromatic heterocycles. The Kier molecular flexibility index (Phi) is 5.02. The van der Waals surface area contributed by atoms with Crippen molar-refractivity contribution in [3.05, 3.63) is 29.8 Å². The molecule has 1 fully saturated rings. The molecular formula is C15H22O3. The van der Waals surface area contributed by atoms with Crippen molar-refractivity contribution in [2.24, 2.45) is 5.92 Å². The van der Waals surface area contributed by atoms with E-state index in [1.165, 1.54) is 0 Å². The zero-order valence-corrected chi connectivity index (χ0v) is 11.0. The van der Waals surface area contributed by atoms with Gasteiger partial charge in [0.2, 0.25) is 0 Å². The van der Waals surface area contributed by atoms with Gasteiger partial charge in [0.25, 0.3) is 0 Å². The van der Waals surface area contributed by atoms with E-state index in [4.69, 9.17) is 9.47 Å². The predicted molar refractivity (Wildman–Crippen MR) is 70.7 cm³/mol. The Morgan fingerprint density at radius 3 is 2.78 bits per heavy atom. The van der Waals surface area contributed by atoms with Gasteiger partial charge in [-0.25, -0.2) is 0 Å². The number of aliphatic hydroxyl groups excluding tert-OH is 1. The van der Waals surface area contributed by atoms with Crippen molar-refractivity contribution < 1.29 is 14.6 Å². The van der Waals surface area contributed by atoms with Crippen LogP contribution in [0.3, 0.4) is 0 Å². The van der Waals surface area contributed by atoms with Gasteiger partial charge in [0.05, 0.1) is 19.3 Å². The van der Waals surface area contributed by atoms with E-state index in [0.717, 1.165) is 43.8 Å². The molecule has 1 aromatic rings. The Bertz CT molecular complexity index is 341. The zero-order chi connectivity index (χ0) is 12.8. The normalized spacial score (nSPS) is 20.9. The molecule has 0 saturated carbocycles. The topological polar surface area (TPSA) is 38.7 Å². The molecule has 3 nitrogen and oxygen atoms in total. The summed E-state index contributed by atoms with van der Waals surface area (Å²) in [5.74, 6) is 1.11. The third-order valence-corrected chi connectivity index (χ3v) is 3.40. The van der Waals surface area contributed by atoms with E-state index in [2.05, 4.69) is 6.92 Å². The molecule has 0 amide bonds. The standard InChI is InChI=1S/C15H22O3/c1-2-3-9-18-14-6-4-12(5-7-14)15(16)13-8-10-17-11-13/h4-7,13,15-16H,2-3,8-11H2,1H3. The molecule has 1 aromatic carbocycles. The molecule has 1 aliphatic rings. The highest BCUT2D eigenvalue weighted by molar-refractivity contribution is 5.28. The fourth-order valence-electron chi connectivity index (χ4n) is 2.17. The fraction of sp³-hybridized carbons (Fsp3) is 0.600. The summed E-state index contributed by atoms with van der Waals surface area (Å²) in [6.45, 7) is 4.33. The lowest BCUT2D eigenvalue weighted by atomic mass is 9.95. The van der Waals surface area contributed by atoms with Gasteiger partial charge in [-0.15, -0.1) is 0 Å². The third kappa shape index (κ3) is 3.47. The first kappa shape index (κ1) is 13.4. The summed E-state index contributed by atoms with van der Waals surface area (Å²) in [5, 5.41) is 10.2. The average Bonchev–Trinajstić information content (AvgIpc) is 2.93. The molecular weight excluding hydrogens is 228 g/mol.